The van der Waals surface area contributed by atoms with Gasteiger partial charge in [-0.15, -0.1) is 0 Å². The Labute approximate surface area is 126 Å². The lowest BCUT2D eigenvalue weighted by atomic mass is 10.2. The number of sulfonamides is 1. The van der Waals surface area contributed by atoms with Crippen molar-refractivity contribution in [3.8, 4) is 0 Å². The van der Waals surface area contributed by atoms with Gasteiger partial charge >= 0.3 is 0 Å². The molecular weight excluding hydrogens is 288 g/mol. The maximum absolute atomic E-state index is 12.8. The molecule has 1 saturated heterocycles. The summed E-state index contributed by atoms with van der Waals surface area (Å²) in [6.45, 7) is 5.56. The van der Waals surface area contributed by atoms with E-state index >= 15 is 0 Å². The predicted molar refractivity (Wildman–Crippen MR) is 81.9 cm³/mol. The quantitative estimate of drug-likeness (QED) is 0.796. The first-order valence-electron chi connectivity index (χ1n) is 7.14. The van der Waals surface area contributed by atoms with Crippen molar-refractivity contribution in [3.63, 3.8) is 0 Å². The van der Waals surface area contributed by atoms with E-state index in [4.69, 9.17) is 0 Å². The molecule has 0 aliphatic carbocycles. The maximum atomic E-state index is 12.8. The first-order chi connectivity index (χ1) is 9.82. The molecule has 1 aromatic rings. The largest absolute Gasteiger partial charge is 0.305 e. The molecule has 0 saturated carbocycles. The Morgan fingerprint density at radius 1 is 1.19 bits per heavy atom. The summed E-state index contributed by atoms with van der Waals surface area (Å²) in [5, 5.41) is 0. The van der Waals surface area contributed by atoms with Crippen molar-refractivity contribution in [3.05, 3.63) is 29.8 Å². The molecule has 21 heavy (non-hydrogen) atoms. The van der Waals surface area contributed by atoms with Crippen molar-refractivity contribution >= 4 is 15.8 Å². The van der Waals surface area contributed by atoms with E-state index in [2.05, 4.69) is 4.90 Å². The molecule has 6 heteroatoms. The van der Waals surface area contributed by atoms with Gasteiger partial charge in [0.2, 0.25) is 10.0 Å². The summed E-state index contributed by atoms with van der Waals surface area (Å²) in [4.78, 5) is 13.7. The highest BCUT2D eigenvalue weighted by Crippen LogP contribution is 2.21. The van der Waals surface area contributed by atoms with Crippen molar-refractivity contribution < 1.29 is 13.2 Å². The summed E-state index contributed by atoms with van der Waals surface area (Å²) in [6, 6.07) is 6.13. The van der Waals surface area contributed by atoms with E-state index in [1.807, 2.05) is 14.0 Å². The minimum atomic E-state index is -3.51. The SMILES string of the molecule is CC(=O)c1ccc(S(=O)(=O)N2CCCN(C)CC2C)cc1. The molecule has 1 fully saturated rings. The molecule has 1 unspecified atom stereocenters. The van der Waals surface area contributed by atoms with E-state index in [9.17, 15) is 13.2 Å². The fourth-order valence-electron chi connectivity index (χ4n) is 2.70. The number of rotatable bonds is 3. The highest BCUT2D eigenvalue weighted by Gasteiger charge is 2.31. The number of Topliss-reactive ketones (excluding diaryl/α,β-unsaturated/α-hetero) is 1. The van der Waals surface area contributed by atoms with Crippen LogP contribution in [0.15, 0.2) is 29.2 Å². The topological polar surface area (TPSA) is 57.7 Å². The Morgan fingerprint density at radius 2 is 1.81 bits per heavy atom. The molecule has 1 aliphatic rings. The van der Waals surface area contributed by atoms with Crippen molar-refractivity contribution in [1.29, 1.82) is 0 Å². The second-order valence-electron chi connectivity index (χ2n) is 5.66. The lowest BCUT2D eigenvalue weighted by Gasteiger charge is -2.27. The molecule has 0 bridgehead atoms. The van der Waals surface area contributed by atoms with Gasteiger partial charge in [0, 0.05) is 24.7 Å². The van der Waals surface area contributed by atoms with E-state index in [0.29, 0.717) is 12.1 Å². The Kier molecular flexibility index (Phi) is 4.81. The van der Waals surface area contributed by atoms with Crippen LogP contribution in [0.1, 0.15) is 30.6 Å². The molecule has 0 spiro atoms. The van der Waals surface area contributed by atoms with Crippen LogP contribution in [0, 0.1) is 0 Å². The number of carbonyl (C=O) groups is 1. The van der Waals surface area contributed by atoms with Crippen LogP contribution in [0.5, 0.6) is 0 Å². The van der Waals surface area contributed by atoms with E-state index in [1.165, 1.54) is 19.1 Å². The monoisotopic (exact) mass is 310 g/mol. The van der Waals surface area contributed by atoms with Gasteiger partial charge in [0.05, 0.1) is 4.90 Å². The zero-order valence-corrected chi connectivity index (χ0v) is 13.6. The smallest absolute Gasteiger partial charge is 0.243 e. The standard InChI is InChI=1S/C15H22N2O3S/c1-12-11-16(3)9-4-10-17(12)21(19,20)15-7-5-14(6-8-15)13(2)18/h5-8,12H,4,9-11H2,1-3H3. The maximum Gasteiger partial charge on any atom is 0.243 e. The van der Waals surface area contributed by atoms with Crippen molar-refractivity contribution in [1.82, 2.24) is 9.21 Å². The summed E-state index contributed by atoms with van der Waals surface area (Å²) >= 11 is 0. The summed E-state index contributed by atoms with van der Waals surface area (Å²) in [5.41, 5.74) is 0.526. The van der Waals surface area contributed by atoms with E-state index in [-0.39, 0.29) is 16.7 Å². The third-order valence-corrected chi connectivity index (χ3v) is 5.88. The van der Waals surface area contributed by atoms with Crippen molar-refractivity contribution in [2.24, 2.45) is 0 Å². The summed E-state index contributed by atoms with van der Waals surface area (Å²) in [7, 11) is -1.50. The number of ketones is 1. The van der Waals surface area contributed by atoms with Crippen LogP contribution in [0.3, 0.4) is 0 Å². The number of benzene rings is 1. The van der Waals surface area contributed by atoms with Crippen LogP contribution in [0.4, 0.5) is 0 Å². The van der Waals surface area contributed by atoms with Crippen LogP contribution >= 0.6 is 0 Å². The van der Waals surface area contributed by atoms with Gasteiger partial charge in [-0.05, 0) is 46.0 Å². The third-order valence-electron chi connectivity index (χ3n) is 3.85. The predicted octanol–water partition coefficient (Wildman–Crippen LogP) is 1.60. The average molecular weight is 310 g/mol. The normalized spacial score (nSPS) is 22.0. The molecule has 1 atom stereocenters. The molecule has 1 aromatic carbocycles. The van der Waals surface area contributed by atoms with Gasteiger partial charge in [0.1, 0.15) is 0 Å². The molecule has 1 heterocycles. The molecule has 0 amide bonds. The number of hydrogen-bond acceptors (Lipinski definition) is 4. The first kappa shape index (κ1) is 16.1. The molecule has 0 radical (unpaired) electrons. The van der Waals surface area contributed by atoms with Crippen LogP contribution in [-0.4, -0.2) is 56.1 Å². The van der Waals surface area contributed by atoms with E-state index in [1.54, 1.807) is 16.4 Å². The van der Waals surface area contributed by atoms with Crippen LogP contribution < -0.4 is 0 Å². The van der Waals surface area contributed by atoms with Crippen molar-refractivity contribution in [2.75, 3.05) is 26.7 Å². The van der Waals surface area contributed by atoms with Gasteiger partial charge in [-0.2, -0.15) is 4.31 Å². The van der Waals surface area contributed by atoms with Gasteiger partial charge in [-0.25, -0.2) is 8.42 Å². The minimum Gasteiger partial charge on any atom is -0.305 e. The molecule has 1 aliphatic heterocycles. The second-order valence-corrected chi connectivity index (χ2v) is 7.55. The average Bonchev–Trinajstić information content (AvgIpc) is 2.59. The fourth-order valence-corrected chi connectivity index (χ4v) is 4.37. The third kappa shape index (κ3) is 3.51. The van der Waals surface area contributed by atoms with Gasteiger partial charge in [-0.1, -0.05) is 12.1 Å². The number of nitrogens with zero attached hydrogens (tertiary/aromatic N) is 2. The Balaban J connectivity index is 2.30. The lowest BCUT2D eigenvalue weighted by molar-refractivity contribution is 0.101. The van der Waals surface area contributed by atoms with Crippen LogP contribution in [0.2, 0.25) is 0 Å². The summed E-state index contributed by atoms with van der Waals surface area (Å²) in [6.07, 6.45) is 0.825. The molecule has 0 aromatic heterocycles. The second kappa shape index (κ2) is 6.25. The van der Waals surface area contributed by atoms with E-state index in [0.717, 1.165) is 19.5 Å². The zero-order valence-electron chi connectivity index (χ0n) is 12.7. The Hall–Kier alpha value is -1.24. The Morgan fingerprint density at radius 3 is 2.38 bits per heavy atom. The number of hydrogen-bond donors (Lipinski definition) is 0. The summed E-state index contributed by atoms with van der Waals surface area (Å²) in [5.74, 6) is -0.0660. The van der Waals surface area contributed by atoms with Crippen molar-refractivity contribution in [2.45, 2.75) is 31.2 Å². The Bertz CT molecular complexity index is 610. The fraction of sp³-hybridized carbons (Fsp3) is 0.533. The molecular formula is C15H22N2O3S. The number of carbonyl (C=O) groups excluding carboxylic acids is 1. The molecule has 5 nitrogen and oxygen atoms in total. The van der Waals surface area contributed by atoms with Crippen LogP contribution in [-0.2, 0) is 10.0 Å². The number of likely N-dealkylation sites (N-methyl/N-ethyl adjacent to an activating group) is 1. The lowest BCUT2D eigenvalue weighted by Crippen LogP contribution is -2.41. The minimum absolute atomic E-state index is 0.0602. The zero-order chi connectivity index (χ0) is 15.6. The highest BCUT2D eigenvalue weighted by atomic mass is 32.2. The van der Waals surface area contributed by atoms with Gasteiger partial charge in [0.25, 0.3) is 0 Å². The van der Waals surface area contributed by atoms with E-state index < -0.39 is 10.0 Å². The summed E-state index contributed by atoms with van der Waals surface area (Å²) < 4.78 is 27.1. The van der Waals surface area contributed by atoms with Gasteiger partial charge in [-0.3, -0.25) is 4.79 Å². The molecule has 116 valence electrons. The van der Waals surface area contributed by atoms with Gasteiger partial charge < -0.3 is 4.90 Å². The van der Waals surface area contributed by atoms with Gasteiger partial charge in [0.15, 0.2) is 5.78 Å². The molecule has 2 rings (SSSR count). The highest BCUT2D eigenvalue weighted by molar-refractivity contribution is 7.89. The first-order valence-corrected chi connectivity index (χ1v) is 8.58. The molecule has 0 N–H and O–H groups in total. The van der Waals surface area contributed by atoms with Crippen LogP contribution in [0.25, 0.3) is 0 Å².